The molecule has 0 bridgehead atoms. The predicted molar refractivity (Wildman–Crippen MR) is 182 cm³/mol. The molecular weight excluding hydrogens is 819 g/mol. The summed E-state index contributed by atoms with van der Waals surface area (Å²) < 4.78 is 61.0. The summed E-state index contributed by atoms with van der Waals surface area (Å²) in [5, 5.41) is 26.5. The molecule has 1 saturated heterocycles. The van der Waals surface area contributed by atoms with Gasteiger partial charge in [0.05, 0.1) is 27.4 Å². The number of carbonyl (C=O) groups is 3. The van der Waals surface area contributed by atoms with Gasteiger partial charge in [-0.05, 0) is 13.3 Å². The number of aliphatic hydroxyl groups excluding tert-OH is 2. The van der Waals surface area contributed by atoms with Gasteiger partial charge in [0.1, 0.15) is 36.3 Å². The first-order valence-corrected chi connectivity index (χ1v) is 21.8. The number of carbonyl (C=O) groups excluding carboxylic acids is 3. The third-order valence-corrected chi connectivity index (χ3v) is 11.9. The maximum Gasteiger partial charge on any atom is 0.274 e. The molecule has 2 amide bonds. The largest absolute Gasteiger partial charge is 0.790 e. The van der Waals surface area contributed by atoms with E-state index < -0.39 is 84.1 Å². The Morgan fingerprint density at radius 1 is 1.09 bits per heavy atom. The molecule has 2 aromatic heterocycles. The second-order valence-electron chi connectivity index (χ2n) is 12.9. The lowest BCUT2D eigenvalue weighted by atomic mass is 9.87. The van der Waals surface area contributed by atoms with Crippen LogP contribution in [0.2, 0.25) is 0 Å². The number of nitrogens with one attached hydrogen (secondary N) is 2. The Kier molecular flexibility index (Phi) is 16.5. The van der Waals surface area contributed by atoms with Gasteiger partial charge in [0.2, 0.25) is 11.8 Å². The first-order chi connectivity index (χ1) is 25.4. The summed E-state index contributed by atoms with van der Waals surface area (Å²) in [6, 6.07) is 0. The second-order valence-corrected chi connectivity index (χ2v) is 18.1. The average Bonchev–Trinajstić information content (AvgIpc) is 3.63. The molecule has 3 rings (SSSR count). The van der Waals surface area contributed by atoms with E-state index in [4.69, 9.17) is 10.5 Å². The predicted octanol–water partition coefficient (Wildman–Crippen LogP) is -2.50. The number of imidazole rings is 1. The van der Waals surface area contributed by atoms with Gasteiger partial charge in [-0.2, -0.15) is 0 Å². The molecule has 0 saturated carbocycles. The number of ether oxygens (including phenoxy) is 1. The van der Waals surface area contributed by atoms with Crippen molar-refractivity contribution in [3.63, 3.8) is 0 Å². The molecule has 28 heteroatoms. The number of amides is 2. The number of fused-ring (bicyclic) bond motifs is 1. The van der Waals surface area contributed by atoms with Crippen molar-refractivity contribution in [2.45, 2.75) is 83.5 Å². The Morgan fingerprint density at radius 3 is 2.42 bits per heavy atom. The molecule has 55 heavy (non-hydrogen) atoms. The lowest BCUT2D eigenvalue weighted by molar-refractivity contribution is -0.347. The van der Waals surface area contributed by atoms with Crippen LogP contribution in [-0.4, -0.2) is 103 Å². The number of hydrogen-bond donors (Lipinski definition) is 5. The van der Waals surface area contributed by atoms with E-state index in [0.29, 0.717) is 12.2 Å². The highest BCUT2D eigenvalue weighted by molar-refractivity contribution is 8.13. The quantitative estimate of drug-likeness (QED) is 0.0603. The Hall–Kier alpha value is -2.44. The third-order valence-electron chi connectivity index (χ3n) is 7.96. The highest BCUT2D eigenvalue weighted by atomic mass is 32.2. The topological polar surface area (TPSA) is 375 Å². The number of thioether (sulfide) groups is 1. The van der Waals surface area contributed by atoms with E-state index in [1.54, 1.807) is 0 Å². The zero-order valence-electron chi connectivity index (χ0n) is 30.0. The van der Waals surface area contributed by atoms with Gasteiger partial charge in [0, 0.05) is 37.1 Å². The lowest BCUT2D eigenvalue weighted by Crippen LogP contribution is -2.46. The lowest BCUT2D eigenvalue weighted by Gasteiger charge is -2.36. The summed E-state index contributed by atoms with van der Waals surface area (Å²) in [4.78, 5) is 96.0. The van der Waals surface area contributed by atoms with Crippen LogP contribution in [-0.2, 0) is 56.4 Å². The number of phosphoric ester groups is 3. The standard InChI is InChI=1S/C27H46N7O17P3S/c1-5-6-7-18(36)55-11-10-29-17(35)8-9-30-25(39)22(38)26(2,3)13-48-54(45,46)51-53(43,44)47-12-16-20(50-52(40,41)42)21(37)27(4,49-16)34-15-33-19-23(28)31-14-32-24(19)34/h14-16,20-22,37-38H,5-13H2,1-4H3,(H,29,35)(H,30,39)(H,43,44)(H,45,46)(H2,28,31,32)(H2,40,41,42)/p-4. The summed E-state index contributed by atoms with van der Waals surface area (Å²) >= 11 is 1.10. The number of phosphoric acid groups is 3. The van der Waals surface area contributed by atoms with E-state index in [-0.39, 0.29) is 41.6 Å². The Labute approximate surface area is 318 Å². The van der Waals surface area contributed by atoms with Crippen LogP contribution in [0.1, 0.15) is 53.4 Å². The van der Waals surface area contributed by atoms with E-state index in [0.717, 1.165) is 41.8 Å². The van der Waals surface area contributed by atoms with Gasteiger partial charge in [0.15, 0.2) is 22.3 Å². The minimum absolute atomic E-state index is 0.0197. The number of nitrogens with two attached hydrogens (primary N) is 1. The molecule has 1 aliphatic heterocycles. The molecule has 7 atom stereocenters. The first-order valence-electron chi connectivity index (χ1n) is 16.4. The summed E-state index contributed by atoms with van der Waals surface area (Å²) in [6.45, 7) is 3.27. The highest BCUT2D eigenvalue weighted by Crippen LogP contribution is 2.56. The van der Waals surface area contributed by atoms with Gasteiger partial charge in [-0.1, -0.05) is 39.0 Å². The molecule has 0 aromatic carbocycles. The summed E-state index contributed by atoms with van der Waals surface area (Å²) in [5.74, 6) is -1.16. The van der Waals surface area contributed by atoms with E-state index in [2.05, 4.69) is 43.5 Å². The van der Waals surface area contributed by atoms with Gasteiger partial charge in [0.25, 0.3) is 15.6 Å². The average molecular weight is 862 g/mol. The van der Waals surface area contributed by atoms with Gasteiger partial charge >= 0.3 is 0 Å². The molecular formula is C27H42N7O17P3S-4. The van der Waals surface area contributed by atoms with E-state index >= 15 is 0 Å². The van der Waals surface area contributed by atoms with Crippen LogP contribution < -0.4 is 35.9 Å². The van der Waals surface area contributed by atoms with E-state index in [9.17, 15) is 57.9 Å². The van der Waals surface area contributed by atoms with Crippen molar-refractivity contribution in [1.29, 1.82) is 0 Å². The van der Waals surface area contributed by atoms with Gasteiger partial charge < -0.3 is 69.0 Å². The van der Waals surface area contributed by atoms with Crippen molar-refractivity contribution < 1.29 is 80.5 Å². The third kappa shape index (κ3) is 13.6. The molecule has 0 radical (unpaired) electrons. The smallest absolute Gasteiger partial charge is 0.274 e. The van der Waals surface area contributed by atoms with Crippen molar-refractivity contribution in [3.05, 3.63) is 12.7 Å². The number of nitrogen functional groups attached to an aromatic ring is 1. The number of rotatable bonds is 22. The molecule has 2 aromatic rings. The number of aromatic nitrogens is 4. The van der Waals surface area contributed by atoms with E-state index in [1.807, 2.05) is 6.92 Å². The first kappa shape index (κ1) is 46.9. The molecule has 3 heterocycles. The fraction of sp³-hybridized carbons (Fsp3) is 0.704. The van der Waals surface area contributed by atoms with Crippen molar-refractivity contribution in [2.24, 2.45) is 5.41 Å². The van der Waals surface area contributed by atoms with Crippen LogP contribution in [0, 0.1) is 5.41 Å². The molecule has 1 fully saturated rings. The van der Waals surface area contributed by atoms with Gasteiger partial charge in [-0.25, -0.2) is 19.3 Å². The Bertz CT molecular complexity index is 1820. The van der Waals surface area contributed by atoms with Crippen LogP contribution in [0.25, 0.3) is 11.2 Å². The molecule has 0 spiro atoms. The van der Waals surface area contributed by atoms with Gasteiger partial charge in [-0.3, -0.25) is 28.1 Å². The number of nitrogens with zero attached hydrogens (tertiary/aromatic N) is 4. The molecule has 7 unspecified atom stereocenters. The maximum atomic E-state index is 12.6. The minimum atomic E-state index is -5.93. The summed E-state index contributed by atoms with van der Waals surface area (Å²) in [7, 11) is -17.6. The minimum Gasteiger partial charge on any atom is -0.790 e. The fourth-order valence-electron chi connectivity index (χ4n) is 4.98. The summed E-state index contributed by atoms with van der Waals surface area (Å²) in [5.41, 5.74) is 2.03. The molecule has 1 aliphatic rings. The fourth-order valence-corrected chi connectivity index (χ4v) is 8.43. The Morgan fingerprint density at radius 2 is 1.76 bits per heavy atom. The molecule has 24 nitrogen and oxygen atoms in total. The van der Waals surface area contributed by atoms with Crippen LogP contribution in [0.5, 0.6) is 0 Å². The molecule has 6 N–H and O–H groups in total. The van der Waals surface area contributed by atoms with Crippen molar-refractivity contribution in [2.75, 3.05) is 37.8 Å². The van der Waals surface area contributed by atoms with Crippen LogP contribution >= 0.6 is 35.2 Å². The monoisotopic (exact) mass is 861 g/mol. The van der Waals surface area contributed by atoms with Crippen LogP contribution in [0.4, 0.5) is 5.82 Å². The maximum absolute atomic E-state index is 12.6. The zero-order chi connectivity index (χ0) is 41.4. The van der Waals surface area contributed by atoms with Crippen molar-refractivity contribution in [3.8, 4) is 0 Å². The number of hydrogen-bond acceptors (Lipinski definition) is 22. The molecule has 0 aliphatic carbocycles. The van der Waals surface area contributed by atoms with Crippen LogP contribution in [0.15, 0.2) is 12.7 Å². The second kappa shape index (κ2) is 19.3. The van der Waals surface area contributed by atoms with Gasteiger partial charge in [-0.15, -0.1) is 0 Å². The summed E-state index contributed by atoms with van der Waals surface area (Å²) in [6.07, 6.45) is -3.94. The normalized spacial score (nSPS) is 23.2. The van der Waals surface area contributed by atoms with E-state index in [1.165, 1.54) is 20.8 Å². The Balaban J connectivity index is 1.53. The number of aliphatic hydroxyl groups is 2. The van der Waals surface area contributed by atoms with Crippen LogP contribution in [0.3, 0.4) is 0 Å². The molecule has 312 valence electrons. The number of unbranched alkanes of at least 4 members (excludes halogenated alkanes) is 1. The highest BCUT2D eigenvalue weighted by Gasteiger charge is 2.55. The zero-order valence-corrected chi connectivity index (χ0v) is 33.5. The van der Waals surface area contributed by atoms with Crippen molar-refractivity contribution in [1.82, 2.24) is 30.2 Å². The SMILES string of the molecule is CCCCC(=O)SCCNC(=O)CCNC(=O)C(O)C(C)(C)COP(=O)([O-])OP(=O)([O-])OCC1OC(C)(n2cnc3c(N)ncnc32)C(O)C1OP(=O)([O-])[O-]. The van der Waals surface area contributed by atoms with Crippen molar-refractivity contribution >= 4 is 69.1 Å². The number of anilines is 1.